The van der Waals surface area contributed by atoms with Gasteiger partial charge in [0.15, 0.2) is 0 Å². The van der Waals surface area contributed by atoms with Crippen molar-refractivity contribution in [2.24, 2.45) is 5.73 Å². The minimum atomic E-state index is -1.27. The van der Waals surface area contributed by atoms with Crippen LogP contribution in [0, 0.1) is 0 Å². The Kier molecular flexibility index (Phi) is 9.85. The van der Waals surface area contributed by atoms with E-state index in [0.29, 0.717) is 5.69 Å². The number of thiol groups is 1. The number of fused-ring (bicyclic) bond motifs is 2. The maximum atomic E-state index is 14.0. The summed E-state index contributed by atoms with van der Waals surface area (Å²) in [6.07, 6.45) is 6.86. The van der Waals surface area contributed by atoms with Crippen LogP contribution in [0.4, 0.5) is 0 Å². The molecule has 0 fully saturated rings. The minimum absolute atomic E-state index is 0.0492. The first-order valence-corrected chi connectivity index (χ1v) is 14.9. The van der Waals surface area contributed by atoms with Crippen molar-refractivity contribution in [3.05, 3.63) is 90.3 Å². The van der Waals surface area contributed by atoms with Gasteiger partial charge in [-0.3, -0.25) is 14.4 Å². The number of H-pyrrole nitrogens is 3. The third-order valence-corrected chi connectivity index (χ3v) is 7.96. The van der Waals surface area contributed by atoms with Gasteiger partial charge >= 0.3 is 5.97 Å². The first kappa shape index (κ1) is 31.3. The summed E-state index contributed by atoms with van der Waals surface area (Å²) >= 11 is 4.05. The Labute approximate surface area is 263 Å². The number of benzene rings is 2. The monoisotopic (exact) mass is 630 g/mol. The van der Waals surface area contributed by atoms with E-state index in [2.05, 4.69) is 48.5 Å². The van der Waals surface area contributed by atoms with Gasteiger partial charge < -0.3 is 41.7 Å². The zero-order valence-electron chi connectivity index (χ0n) is 24.1. The number of rotatable bonds is 14. The van der Waals surface area contributed by atoms with Gasteiger partial charge in [-0.25, -0.2) is 9.78 Å². The number of nitrogens with one attached hydrogen (secondary N) is 6. The first-order chi connectivity index (χ1) is 21.7. The number of carbonyl (C=O) groups is 4. The van der Waals surface area contributed by atoms with E-state index >= 15 is 0 Å². The molecule has 13 nitrogen and oxygen atoms in total. The molecule has 234 valence electrons. The molecule has 0 saturated carbocycles. The average molecular weight is 631 g/mol. The molecule has 4 atom stereocenters. The molecule has 3 heterocycles. The Bertz CT molecular complexity index is 1800. The van der Waals surface area contributed by atoms with E-state index < -0.39 is 47.9 Å². The normalized spacial score (nSPS) is 14.0. The summed E-state index contributed by atoms with van der Waals surface area (Å²) in [6.45, 7) is 0. The second-order valence-electron chi connectivity index (χ2n) is 10.7. The highest BCUT2D eigenvalue weighted by Crippen LogP contribution is 2.21. The molecule has 5 rings (SSSR count). The van der Waals surface area contributed by atoms with Crippen molar-refractivity contribution in [2.45, 2.75) is 43.4 Å². The maximum Gasteiger partial charge on any atom is 0.327 e. The molecule has 0 aliphatic heterocycles. The highest BCUT2D eigenvalue weighted by Gasteiger charge is 2.31. The summed E-state index contributed by atoms with van der Waals surface area (Å²) < 4.78 is 0. The lowest BCUT2D eigenvalue weighted by atomic mass is 10.0. The molecule has 0 saturated heterocycles. The first-order valence-electron chi connectivity index (χ1n) is 14.3. The van der Waals surface area contributed by atoms with Gasteiger partial charge in [-0.05, 0) is 23.3 Å². The fourth-order valence-electron chi connectivity index (χ4n) is 5.19. The molecule has 4 unspecified atom stereocenters. The van der Waals surface area contributed by atoms with Gasteiger partial charge in [-0.1, -0.05) is 36.4 Å². The van der Waals surface area contributed by atoms with Crippen molar-refractivity contribution >= 4 is 58.1 Å². The summed E-state index contributed by atoms with van der Waals surface area (Å²) in [6, 6.07) is 10.5. The van der Waals surface area contributed by atoms with Crippen molar-refractivity contribution in [1.82, 2.24) is 35.9 Å². The Morgan fingerprint density at radius 3 is 1.76 bits per heavy atom. The number of para-hydroxylation sites is 2. The van der Waals surface area contributed by atoms with E-state index in [0.717, 1.165) is 32.9 Å². The van der Waals surface area contributed by atoms with Crippen LogP contribution in [0.15, 0.2) is 73.4 Å². The molecule has 3 amide bonds. The Balaban J connectivity index is 1.42. The zero-order valence-corrected chi connectivity index (χ0v) is 25.0. The Morgan fingerprint density at radius 2 is 1.27 bits per heavy atom. The highest BCUT2D eigenvalue weighted by atomic mass is 32.1. The number of aromatic amines is 3. The summed E-state index contributed by atoms with van der Waals surface area (Å²) in [5.74, 6) is -3.32. The molecule has 0 bridgehead atoms. The molecular formula is C31H34N8O5S. The van der Waals surface area contributed by atoms with Crippen LogP contribution >= 0.6 is 12.6 Å². The number of hydrogen-bond acceptors (Lipinski definition) is 7. The maximum absolute atomic E-state index is 14.0. The predicted octanol–water partition coefficient (Wildman–Crippen LogP) is 1.20. The van der Waals surface area contributed by atoms with Crippen LogP contribution in [0.3, 0.4) is 0 Å². The molecule has 14 heteroatoms. The van der Waals surface area contributed by atoms with Crippen molar-refractivity contribution in [2.75, 3.05) is 5.75 Å². The number of hydrogen-bond donors (Lipinski definition) is 9. The lowest BCUT2D eigenvalue weighted by Gasteiger charge is -2.25. The fourth-order valence-corrected chi connectivity index (χ4v) is 5.44. The van der Waals surface area contributed by atoms with Crippen LogP contribution in [0.1, 0.15) is 16.8 Å². The lowest BCUT2D eigenvalue weighted by molar-refractivity contribution is -0.141. The van der Waals surface area contributed by atoms with Gasteiger partial charge in [0.1, 0.15) is 18.1 Å². The van der Waals surface area contributed by atoms with Crippen molar-refractivity contribution < 1.29 is 24.3 Å². The van der Waals surface area contributed by atoms with Crippen LogP contribution < -0.4 is 21.7 Å². The van der Waals surface area contributed by atoms with E-state index in [-0.39, 0.29) is 25.0 Å². The second-order valence-corrected chi connectivity index (χ2v) is 11.1. The lowest BCUT2D eigenvalue weighted by Crippen LogP contribution is -2.58. The summed E-state index contributed by atoms with van der Waals surface area (Å²) in [4.78, 5) is 65.5. The van der Waals surface area contributed by atoms with E-state index in [4.69, 9.17) is 5.73 Å². The topological polar surface area (TPSA) is 211 Å². The van der Waals surface area contributed by atoms with Crippen molar-refractivity contribution in [1.29, 1.82) is 0 Å². The molecule has 0 aliphatic rings. The average Bonchev–Trinajstić information content (AvgIpc) is 3.80. The number of amides is 3. The summed E-state index contributed by atoms with van der Waals surface area (Å²) in [5.41, 5.74) is 10.0. The molecule has 0 spiro atoms. The molecule has 45 heavy (non-hydrogen) atoms. The molecule has 5 aromatic rings. The molecular weight excluding hydrogens is 596 g/mol. The molecule has 3 aromatic heterocycles. The van der Waals surface area contributed by atoms with E-state index in [9.17, 15) is 24.3 Å². The third kappa shape index (κ3) is 7.53. The van der Waals surface area contributed by atoms with E-state index in [1.54, 1.807) is 18.6 Å². The van der Waals surface area contributed by atoms with Crippen LogP contribution in [-0.2, 0) is 38.4 Å². The minimum Gasteiger partial charge on any atom is -0.480 e. The van der Waals surface area contributed by atoms with Crippen molar-refractivity contribution in [3.8, 4) is 0 Å². The molecule has 0 aliphatic carbocycles. The SMILES string of the molecule is NC(Cc1cnc[nH]1)C(=O)NC(Cc1c[nH]c2ccccc12)C(=O)NC(Cc1c[nH]c2ccccc12)C(=O)NC(CS)C(=O)O. The number of imidazole rings is 1. The van der Waals surface area contributed by atoms with Gasteiger partial charge in [0.05, 0.1) is 12.4 Å². The van der Waals surface area contributed by atoms with Gasteiger partial charge in [0.2, 0.25) is 17.7 Å². The number of nitrogens with two attached hydrogens (primary N) is 1. The number of aliphatic carboxylic acids is 1. The largest absolute Gasteiger partial charge is 0.480 e. The van der Waals surface area contributed by atoms with Crippen LogP contribution in [0.2, 0.25) is 0 Å². The van der Waals surface area contributed by atoms with Crippen LogP contribution in [0.25, 0.3) is 21.8 Å². The van der Waals surface area contributed by atoms with Gasteiger partial charge in [-0.15, -0.1) is 0 Å². The number of nitrogens with zero attached hydrogens (tertiary/aromatic N) is 1. The smallest absolute Gasteiger partial charge is 0.327 e. The summed E-state index contributed by atoms with van der Waals surface area (Å²) in [5, 5.41) is 19.2. The Morgan fingerprint density at radius 1 is 0.756 bits per heavy atom. The number of aromatic nitrogens is 4. The third-order valence-electron chi connectivity index (χ3n) is 7.59. The molecule has 2 aromatic carbocycles. The predicted molar refractivity (Wildman–Crippen MR) is 172 cm³/mol. The van der Waals surface area contributed by atoms with E-state index in [1.165, 1.54) is 6.33 Å². The second kappa shape index (κ2) is 14.1. The van der Waals surface area contributed by atoms with Gasteiger partial charge in [0.25, 0.3) is 0 Å². The highest BCUT2D eigenvalue weighted by molar-refractivity contribution is 7.80. The Hall–Kier alpha value is -5.08. The standard InChI is InChI=1S/C31H34N8O5S/c32-22(11-19-14-33-16-36-19)28(40)37-25(9-17-12-34-23-7-3-1-5-20(17)23)29(41)38-26(30(42)39-27(15-45)31(43)44)10-18-13-35-24-8-4-2-6-21(18)24/h1-8,12-14,16,22,25-27,34-35,45H,9-11,15,32H2,(H,33,36)(H,37,40)(H,38,41)(H,39,42)(H,43,44). The number of carboxylic acid groups (broad SMARTS) is 1. The number of carboxylic acids is 1. The van der Waals surface area contributed by atoms with Gasteiger partial charge in [0, 0.05) is 71.1 Å². The van der Waals surface area contributed by atoms with E-state index in [1.807, 2.05) is 48.5 Å². The van der Waals surface area contributed by atoms with Crippen LogP contribution in [0.5, 0.6) is 0 Å². The van der Waals surface area contributed by atoms with Crippen molar-refractivity contribution in [3.63, 3.8) is 0 Å². The fraction of sp³-hybridized carbons (Fsp3) is 0.258. The molecule has 9 N–H and O–H groups in total. The number of carbonyl (C=O) groups excluding carboxylic acids is 3. The molecule has 0 radical (unpaired) electrons. The van der Waals surface area contributed by atoms with Crippen LogP contribution in [-0.4, -0.2) is 78.7 Å². The quantitative estimate of drug-likeness (QED) is 0.0818. The zero-order chi connectivity index (χ0) is 31.9. The van der Waals surface area contributed by atoms with Gasteiger partial charge in [-0.2, -0.15) is 12.6 Å². The summed E-state index contributed by atoms with van der Waals surface area (Å²) in [7, 11) is 0.